The van der Waals surface area contributed by atoms with E-state index >= 15 is 0 Å². The van der Waals surface area contributed by atoms with Crippen molar-refractivity contribution in [3.8, 4) is 6.07 Å². The summed E-state index contributed by atoms with van der Waals surface area (Å²) in [5.74, 6) is -0.321. The smallest absolute Gasteiger partial charge is 0.274 e. The van der Waals surface area contributed by atoms with Crippen LogP contribution in [0.15, 0.2) is 42.6 Å². The normalized spacial score (nSPS) is 9.68. The summed E-state index contributed by atoms with van der Waals surface area (Å²) in [6.07, 6.45) is 1.57. The van der Waals surface area contributed by atoms with Gasteiger partial charge in [0.1, 0.15) is 5.69 Å². The maximum Gasteiger partial charge on any atom is 0.274 e. The number of carbonyl (C=O) groups excluding carboxylic acids is 1. The highest BCUT2D eigenvalue weighted by Crippen LogP contribution is 2.11. The van der Waals surface area contributed by atoms with Gasteiger partial charge >= 0.3 is 0 Å². The number of anilines is 1. The highest BCUT2D eigenvalue weighted by atomic mass is 16.1. The molecule has 0 radical (unpaired) electrons. The summed E-state index contributed by atoms with van der Waals surface area (Å²) in [7, 11) is 0. The molecular weight excluding hydrogens is 240 g/mol. The molecule has 2 rings (SSSR count). The van der Waals surface area contributed by atoms with E-state index in [0.29, 0.717) is 23.5 Å². The second kappa shape index (κ2) is 5.76. The monoisotopic (exact) mass is 252 g/mol. The van der Waals surface area contributed by atoms with E-state index in [9.17, 15) is 4.79 Å². The molecule has 1 heterocycles. The predicted molar refractivity (Wildman–Crippen MR) is 71.2 cm³/mol. The van der Waals surface area contributed by atoms with Crippen LogP contribution in [0, 0.1) is 11.3 Å². The van der Waals surface area contributed by atoms with Gasteiger partial charge in [-0.2, -0.15) is 5.26 Å². The highest BCUT2D eigenvalue weighted by Gasteiger charge is 2.07. The zero-order valence-corrected chi connectivity index (χ0v) is 10.1. The first-order valence-electron chi connectivity index (χ1n) is 5.69. The number of amides is 1. The SMILES string of the molecule is N#Cc1cccc(NC(=O)c2ccc(CN)cn2)c1. The van der Waals surface area contributed by atoms with Crippen LogP contribution in [-0.2, 0) is 6.54 Å². The molecule has 5 heteroatoms. The maximum atomic E-state index is 11.9. The standard InChI is InChI=1S/C14H12N4O/c15-7-10-2-1-3-12(6-10)18-14(19)13-5-4-11(8-16)9-17-13/h1-6,9H,8,16H2,(H,18,19). The molecule has 19 heavy (non-hydrogen) atoms. The molecule has 0 bridgehead atoms. The van der Waals surface area contributed by atoms with Crippen LogP contribution in [0.5, 0.6) is 0 Å². The van der Waals surface area contributed by atoms with Gasteiger partial charge in [0, 0.05) is 18.4 Å². The van der Waals surface area contributed by atoms with Crippen LogP contribution >= 0.6 is 0 Å². The molecule has 5 nitrogen and oxygen atoms in total. The van der Waals surface area contributed by atoms with Crippen LogP contribution in [0.4, 0.5) is 5.69 Å². The lowest BCUT2D eigenvalue weighted by atomic mass is 10.2. The number of rotatable bonds is 3. The third-order valence-corrected chi connectivity index (χ3v) is 2.54. The van der Waals surface area contributed by atoms with E-state index < -0.39 is 0 Å². The molecule has 1 aromatic carbocycles. The Hall–Kier alpha value is -2.71. The zero-order valence-electron chi connectivity index (χ0n) is 10.1. The van der Waals surface area contributed by atoms with E-state index in [1.54, 1.807) is 42.6 Å². The summed E-state index contributed by atoms with van der Waals surface area (Å²) in [5, 5.41) is 11.5. The Kier molecular flexibility index (Phi) is 3.86. The number of hydrogen-bond acceptors (Lipinski definition) is 4. The molecule has 94 valence electrons. The van der Waals surface area contributed by atoms with E-state index in [-0.39, 0.29) is 5.91 Å². The Bertz CT molecular complexity index is 629. The molecule has 0 saturated heterocycles. The number of nitrogens with one attached hydrogen (secondary N) is 1. The van der Waals surface area contributed by atoms with Gasteiger partial charge in [0.15, 0.2) is 0 Å². The van der Waals surface area contributed by atoms with Crippen molar-refractivity contribution >= 4 is 11.6 Å². The minimum absolute atomic E-state index is 0.305. The quantitative estimate of drug-likeness (QED) is 0.869. The predicted octanol–water partition coefficient (Wildman–Crippen LogP) is 1.66. The molecule has 0 fully saturated rings. The average Bonchev–Trinajstić information content (AvgIpc) is 2.47. The van der Waals surface area contributed by atoms with Crippen LogP contribution in [0.25, 0.3) is 0 Å². The summed E-state index contributed by atoms with van der Waals surface area (Å²) in [6.45, 7) is 0.388. The fourth-order valence-electron chi connectivity index (χ4n) is 1.54. The number of benzene rings is 1. The van der Waals surface area contributed by atoms with Crippen molar-refractivity contribution in [1.29, 1.82) is 5.26 Å². The van der Waals surface area contributed by atoms with Crippen LogP contribution < -0.4 is 11.1 Å². The van der Waals surface area contributed by atoms with Gasteiger partial charge in [-0.05, 0) is 29.8 Å². The number of nitriles is 1. The van der Waals surface area contributed by atoms with Crippen molar-refractivity contribution in [2.24, 2.45) is 5.73 Å². The number of pyridine rings is 1. The molecule has 0 aliphatic rings. The Morgan fingerprint density at radius 2 is 2.21 bits per heavy atom. The minimum atomic E-state index is -0.321. The average molecular weight is 252 g/mol. The van der Waals surface area contributed by atoms with Crippen molar-refractivity contribution in [2.45, 2.75) is 6.54 Å². The van der Waals surface area contributed by atoms with Crippen LogP contribution in [0.3, 0.4) is 0 Å². The second-order valence-corrected chi connectivity index (χ2v) is 3.90. The van der Waals surface area contributed by atoms with Crippen molar-refractivity contribution in [3.63, 3.8) is 0 Å². The molecule has 0 atom stereocenters. The van der Waals surface area contributed by atoms with Gasteiger partial charge in [0.25, 0.3) is 5.91 Å². The van der Waals surface area contributed by atoms with Gasteiger partial charge in [0.2, 0.25) is 0 Å². The first-order valence-corrected chi connectivity index (χ1v) is 5.69. The van der Waals surface area contributed by atoms with Gasteiger partial charge in [-0.15, -0.1) is 0 Å². The maximum absolute atomic E-state index is 11.9. The Morgan fingerprint density at radius 3 is 2.84 bits per heavy atom. The summed E-state index contributed by atoms with van der Waals surface area (Å²) in [5.41, 5.74) is 7.68. The van der Waals surface area contributed by atoms with Crippen molar-refractivity contribution in [2.75, 3.05) is 5.32 Å². The Balaban J connectivity index is 2.13. The molecular formula is C14H12N4O. The van der Waals surface area contributed by atoms with Crippen LogP contribution in [0.1, 0.15) is 21.6 Å². The van der Waals surface area contributed by atoms with Crippen molar-refractivity contribution in [1.82, 2.24) is 4.98 Å². The largest absolute Gasteiger partial charge is 0.326 e. The lowest BCUT2D eigenvalue weighted by Gasteiger charge is -2.05. The molecule has 0 aliphatic heterocycles. The minimum Gasteiger partial charge on any atom is -0.326 e. The number of carbonyl (C=O) groups is 1. The van der Waals surface area contributed by atoms with E-state index in [0.717, 1.165) is 5.56 Å². The number of nitrogens with two attached hydrogens (primary N) is 1. The van der Waals surface area contributed by atoms with E-state index in [4.69, 9.17) is 11.0 Å². The summed E-state index contributed by atoms with van der Waals surface area (Å²) < 4.78 is 0. The van der Waals surface area contributed by atoms with Crippen molar-refractivity contribution in [3.05, 3.63) is 59.4 Å². The fraction of sp³-hybridized carbons (Fsp3) is 0.0714. The lowest BCUT2D eigenvalue weighted by Crippen LogP contribution is -2.14. The third kappa shape index (κ3) is 3.15. The highest BCUT2D eigenvalue weighted by molar-refractivity contribution is 6.02. The van der Waals surface area contributed by atoms with E-state index in [2.05, 4.69) is 10.3 Å². The van der Waals surface area contributed by atoms with Gasteiger partial charge in [-0.25, -0.2) is 0 Å². The summed E-state index contributed by atoms with van der Waals surface area (Å²) in [4.78, 5) is 16.0. The number of aromatic nitrogens is 1. The Labute approximate surface area is 110 Å². The summed E-state index contributed by atoms with van der Waals surface area (Å²) >= 11 is 0. The van der Waals surface area contributed by atoms with Crippen LogP contribution in [0.2, 0.25) is 0 Å². The molecule has 0 spiro atoms. The molecule has 1 aromatic heterocycles. The second-order valence-electron chi connectivity index (χ2n) is 3.90. The fourth-order valence-corrected chi connectivity index (χ4v) is 1.54. The molecule has 0 saturated carbocycles. The molecule has 0 unspecified atom stereocenters. The van der Waals surface area contributed by atoms with E-state index in [1.807, 2.05) is 6.07 Å². The van der Waals surface area contributed by atoms with E-state index in [1.165, 1.54) is 0 Å². The number of hydrogen-bond donors (Lipinski definition) is 2. The van der Waals surface area contributed by atoms with Gasteiger partial charge < -0.3 is 11.1 Å². The Morgan fingerprint density at radius 1 is 1.37 bits per heavy atom. The zero-order chi connectivity index (χ0) is 13.7. The topological polar surface area (TPSA) is 91.8 Å². The van der Waals surface area contributed by atoms with Crippen molar-refractivity contribution < 1.29 is 4.79 Å². The molecule has 3 N–H and O–H groups in total. The van der Waals surface area contributed by atoms with Crippen LogP contribution in [-0.4, -0.2) is 10.9 Å². The van der Waals surface area contributed by atoms with Gasteiger partial charge in [0.05, 0.1) is 11.6 Å². The first kappa shape index (κ1) is 12.7. The first-order chi connectivity index (χ1) is 9.22. The third-order valence-electron chi connectivity index (χ3n) is 2.54. The molecule has 2 aromatic rings. The van der Waals surface area contributed by atoms with Gasteiger partial charge in [-0.1, -0.05) is 12.1 Å². The number of nitrogens with zero attached hydrogens (tertiary/aromatic N) is 2. The molecule has 0 aliphatic carbocycles. The lowest BCUT2D eigenvalue weighted by molar-refractivity contribution is 0.102. The van der Waals surface area contributed by atoms with Gasteiger partial charge in [-0.3, -0.25) is 9.78 Å². The summed E-state index contributed by atoms with van der Waals surface area (Å²) in [6, 6.07) is 12.1. The molecule has 1 amide bonds.